The van der Waals surface area contributed by atoms with E-state index in [0.29, 0.717) is 24.3 Å². The van der Waals surface area contributed by atoms with Gasteiger partial charge < -0.3 is 15.5 Å². The van der Waals surface area contributed by atoms with E-state index >= 15 is 0 Å². The van der Waals surface area contributed by atoms with Crippen LogP contribution in [0.3, 0.4) is 0 Å². The summed E-state index contributed by atoms with van der Waals surface area (Å²) in [6.07, 6.45) is 6.21. The zero-order valence-corrected chi connectivity index (χ0v) is 17.6. The quantitative estimate of drug-likeness (QED) is 0.622. The Balaban J connectivity index is 1.61. The molecular weight excluding hydrogens is 358 g/mol. The number of hydrogen-bond acceptors (Lipinski definition) is 3. The van der Waals surface area contributed by atoms with E-state index in [4.69, 9.17) is 0 Å². The Morgan fingerprint density at radius 1 is 1.10 bits per heavy atom. The van der Waals surface area contributed by atoms with Crippen LogP contribution in [0.15, 0.2) is 54.6 Å². The standard InChI is InChI=1S/C25H31N3O/c1-4-24(29)26-18-12-15-23-22(16-18)20-8-7-9-21(20)25(27-23)17-10-13-19(14-11-17)28(5-2)6-3/h7-8,10-16,20-21,25,27H,4-6,9H2,1-3H3,(H,26,29). The molecule has 1 amide bonds. The molecule has 0 saturated heterocycles. The number of carbonyl (C=O) groups is 1. The molecule has 0 fully saturated rings. The predicted molar refractivity (Wildman–Crippen MR) is 122 cm³/mol. The number of hydrogen-bond donors (Lipinski definition) is 2. The minimum Gasteiger partial charge on any atom is -0.378 e. The molecular formula is C25H31N3O. The first-order valence-electron chi connectivity index (χ1n) is 10.9. The average Bonchev–Trinajstić information content (AvgIpc) is 3.25. The number of anilines is 3. The van der Waals surface area contributed by atoms with E-state index in [1.165, 1.54) is 22.5 Å². The Morgan fingerprint density at radius 2 is 1.86 bits per heavy atom. The molecule has 0 bridgehead atoms. The van der Waals surface area contributed by atoms with Crippen LogP contribution in [0.4, 0.5) is 17.1 Å². The minimum absolute atomic E-state index is 0.0541. The van der Waals surface area contributed by atoms with Crippen molar-refractivity contribution in [3.8, 4) is 0 Å². The van der Waals surface area contributed by atoms with E-state index in [0.717, 1.165) is 25.2 Å². The highest BCUT2D eigenvalue weighted by molar-refractivity contribution is 5.91. The van der Waals surface area contributed by atoms with Gasteiger partial charge in [0, 0.05) is 42.5 Å². The molecule has 0 radical (unpaired) electrons. The molecule has 2 aromatic rings. The van der Waals surface area contributed by atoms with E-state index in [2.05, 4.69) is 77.9 Å². The van der Waals surface area contributed by atoms with Gasteiger partial charge in [-0.2, -0.15) is 0 Å². The van der Waals surface area contributed by atoms with Gasteiger partial charge in [-0.15, -0.1) is 0 Å². The Bertz CT molecular complexity index is 899. The van der Waals surface area contributed by atoms with Crippen molar-refractivity contribution in [2.24, 2.45) is 5.92 Å². The van der Waals surface area contributed by atoms with Gasteiger partial charge in [-0.05, 0) is 67.6 Å². The third-order valence-corrected chi connectivity index (χ3v) is 6.35. The van der Waals surface area contributed by atoms with Crippen molar-refractivity contribution in [1.29, 1.82) is 0 Å². The SMILES string of the molecule is CCC(=O)Nc1ccc2c(c1)C1C=CCC1C(c1ccc(N(CC)CC)cc1)N2. The zero-order chi connectivity index (χ0) is 20.4. The van der Waals surface area contributed by atoms with Crippen molar-refractivity contribution in [2.75, 3.05) is 28.6 Å². The molecule has 4 rings (SSSR count). The number of carbonyl (C=O) groups excluding carboxylic acids is 1. The van der Waals surface area contributed by atoms with Crippen LogP contribution in [0.5, 0.6) is 0 Å². The molecule has 3 unspecified atom stereocenters. The number of nitrogens with one attached hydrogen (secondary N) is 2. The fraction of sp³-hybridized carbons (Fsp3) is 0.400. The lowest BCUT2D eigenvalue weighted by Gasteiger charge is -2.38. The van der Waals surface area contributed by atoms with E-state index in [1.807, 2.05) is 13.0 Å². The molecule has 1 aliphatic heterocycles. The molecule has 152 valence electrons. The molecule has 0 saturated carbocycles. The summed E-state index contributed by atoms with van der Waals surface area (Å²) in [7, 11) is 0. The van der Waals surface area contributed by atoms with Crippen LogP contribution < -0.4 is 15.5 Å². The number of allylic oxidation sites excluding steroid dienone is 2. The molecule has 1 heterocycles. The minimum atomic E-state index is 0.0541. The Morgan fingerprint density at radius 3 is 2.55 bits per heavy atom. The topological polar surface area (TPSA) is 44.4 Å². The van der Waals surface area contributed by atoms with Crippen molar-refractivity contribution in [1.82, 2.24) is 0 Å². The highest BCUT2D eigenvalue weighted by atomic mass is 16.1. The Kier molecular flexibility index (Phi) is 5.61. The maximum atomic E-state index is 11.8. The average molecular weight is 390 g/mol. The molecule has 3 atom stereocenters. The first-order chi connectivity index (χ1) is 14.1. The highest BCUT2D eigenvalue weighted by Crippen LogP contribution is 2.50. The maximum Gasteiger partial charge on any atom is 0.224 e. The summed E-state index contributed by atoms with van der Waals surface area (Å²) in [6.45, 7) is 8.32. The fourth-order valence-corrected chi connectivity index (χ4v) is 4.73. The summed E-state index contributed by atoms with van der Waals surface area (Å²) in [4.78, 5) is 14.2. The molecule has 29 heavy (non-hydrogen) atoms. The Hall–Kier alpha value is -2.75. The summed E-state index contributed by atoms with van der Waals surface area (Å²) in [5.74, 6) is 0.939. The van der Waals surface area contributed by atoms with Crippen molar-refractivity contribution in [3.63, 3.8) is 0 Å². The molecule has 2 aromatic carbocycles. The number of benzene rings is 2. The van der Waals surface area contributed by atoms with Crippen LogP contribution in [-0.2, 0) is 4.79 Å². The lowest BCUT2D eigenvalue weighted by molar-refractivity contribution is -0.115. The normalized spacial score (nSPS) is 21.8. The monoisotopic (exact) mass is 389 g/mol. The van der Waals surface area contributed by atoms with Gasteiger partial charge in [-0.25, -0.2) is 0 Å². The third kappa shape index (κ3) is 3.76. The van der Waals surface area contributed by atoms with E-state index in [1.54, 1.807) is 0 Å². The van der Waals surface area contributed by atoms with Crippen LogP contribution >= 0.6 is 0 Å². The summed E-state index contributed by atoms with van der Waals surface area (Å²) in [5.41, 5.74) is 5.97. The molecule has 4 heteroatoms. The second-order valence-corrected chi connectivity index (χ2v) is 7.94. The maximum absolute atomic E-state index is 11.8. The third-order valence-electron chi connectivity index (χ3n) is 6.35. The lowest BCUT2D eigenvalue weighted by Crippen LogP contribution is -2.29. The molecule has 1 aliphatic carbocycles. The van der Waals surface area contributed by atoms with Gasteiger partial charge >= 0.3 is 0 Å². The van der Waals surface area contributed by atoms with Gasteiger partial charge in [0.15, 0.2) is 0 Å². The first-order valence-corrected chi connectivity index (χ1v) is 10.9. The van der Waals surface area contributed by atoms with Crippen molar-refractivity contribution in [3.05, 3.63) is 65.7 Å². The van der Waals surface area contributed by atoms with Crippen molar-refractivity contribution in [2.45, 2.75) is 45.6 Å². The van der Waals surface area contributed by atoms with Gasteiger partial charge in [0.2, 0.25) is 5.91 Å². The van der Waals surface area contributed by atoms with E-state index in [-0.39, 0.29) is 5.91 Å². The largest absolute Gasteiger partial charge is 0.378 e. The summed E-state index contributed by atoms with van der Waals surface area (Å²) in [5, 5.41) is 6.79. The second kappa shape index (κ2) is 8.32. The molecule has 0 aromatic heterocycles. The number of nitrogens with zero attached hydrogens (tertiary/aromatic N) is 1. The van der Waals surface area contributed by atoms with Gasteiger partial charge in [0.05, 0.1) is 6.04 Å². The highest BCUT2D eigenvalue weighted by Gasteiger charge is 2.38. The number of amides is 1. The smallest absolute Gasteiger partial charge is 0.224 e. The van der Waals surface area contributed by atoms with Crippen LogP contribution in [0.2, 0.25) is 0 Å². The van der Waals surface area contributed by atoms with Crippen LogP contribution in [0, 0.1) is 5.92 Å². The molecule has 2 N–H and O–H groups in total. The van der Waals surface area contributed by atoms with Crippen molar-refractivity contribution < 1.29 is 4.79 Å². The molecule has 4 nitrogen and oxygen atoms in total. The van der Waals surface area contributed by atoms with E-state index < -0.39 is 0 Å². The summed E-state index contributed by atoms with van der Waals surface area (Å²) >= 11 is 0. The number of rotatable bonds is 6. The van der Waals surface area contributed by atoms with Gasteiger partial charge in [0.1, 0.15) is 0 Å². The van der Waals surface area contributed by atoms with Crippen LogP contribution in [0.1, 0.15) is 56.7 Å². The molecule has 0 spiro atoms. The van der Waals surface area contributed by atoms with Crippen molar-refractivity contribution >= 4 is 23.0 Å². The number of fused-ring (bicyclic) bond motifs is 3. The van der Waals surface area contributed by atoms with Gasteiger partial charge in [-0.1, -0.05) is 31.2 Å². The van der Waals surface area contributed by atoms with Crippen LogP contribution in [-0.4, -0.2) is 19.0 Å². The van der Waals surface area contributed by atoms with Crippen LogP contribution in [0.25, 0.3) is 0 Å². The second-order valence-electron chi connectivity index (χ2n) is 7.94. The zero-order valence-electron chi connectivity index (χ0n) is 17.6. The lowest BCUT2D eigenvalue weighted by atomic mass is 9.77. The Labute approximate surface area is 174 Å². The fourth-order valence-electron chi connectivity index (χ4n) is 4.73. The summed E-state index contributed by atoms with van der Waals surface area (Å²) in [6, 6.07) is 15.6. The van der Waals surface area contributed by atoms with Gasteiger partial charge in [-0.3, -0.25) is 4.79 Å². The summed E-state index contributed by atoms with van der Waals surface area (Å²) < 4.78 is 0. The van der Waals surface area contributed by atoms with E-state index in [9.17, 15) is 4.79 Å². The molecule has 2 aliphatic rings. The first kappa shape index (κ1) is 19.6. The predicted octanol–water partition coefficient (Wildman–Crippen LogP) is 5.71. The van der Waals surface area contributed by atoms with Gasteiger partial charge in [0.25, 0.3) is 0 Å².